The van der Waals surface area contributed by atoms with Gasteiger partial charge in [-0.1, -0.05) is 19.9 Å². The summed E-state index contributed by atoms with van der Waals surface area (Å²) < 4.78 is 0. The minimum Gasteiger partial charge on any atom is -0.385 e. The molecule has 0 fully saturated rings. The quantitative estimate of drug-likeness (QED) is 0.740. The highest BCUT2D eigenvalue weighted by Gasteiger charge is 2.03. The second-order valence-electron chi connectivity index (χ2n) is 4.35. The zero-order chi connectivity index (χ0) is 12.7. The lowest BCUT2D eigenvalue weighted by atomic mass is 10.1. The Balaban J connectivity index is 2.55. The lowest BCUT2D eigenvalue weighted by Crippen LogP contribution is -2.23. The Kier molecular flexibility index (Phi) is 5.27. The van der Waals surface area contributed by atoms with Crippen molar-refractivity contribution in [3.8, 4) is 0 Å². The summed E-state index contributed by atoms with van der Waals surface area (Å²) in [5.41, 5.74) is 1.71. The van der Waals surface area contributed by atoms with Gasteiger partial charge < -0.3 is 10.6 Å². The summed E-state index contributed by atoms with van der Waals surface area (Å²) in [6.45, 7) is 9.29. The zero-order valence-electron chi connectivity index (χ0n) is 10.5. The molecule has 1 amide bonds. The third kappa shape index (κ3) is 4.72. The number of nitrogens with one attached hydrogen (secondary N) is 2. The van der Waals surface area contributed by atoms with Crippen molar-refractivity contribution in [2.75, 3.05) is 18.4 Å². The molecule has 0 bridgehead atoms. The summed E-state index contributed by atoms with van der Waals surface area (Å²) in [4.78, 5) is 11.6. The van der Waals surface area contributed by atoms with E-state index >= 15 is 0 Å². The van der Waals surface area contributed by atoms with E-state index in [9.17, 15) is 4.79 Å². The van der Waals surface area contributed by atoms with Gasteiger partial charge in [-0.05, 0) is 30.2 Å². The first kappa shape index (κ1) is 13.3. The Morgan fingerprint density at radius 3 is 2.53 bits per heavy atom. The highest BCUT2D eigenvalue weighted by Crippen LogP contribution is 2.10. The average Bonchev–Trinajstić information content (AvgIpc) is 2.34. The fraction of sp³-hybridized carbons (Fsp3) is 0.357. The van der Waals surface area contributed by atoms with Gasteiger partial charge in [-0.2, -0.15) is 0 Å². The van der Waals surface area contributed by atoms with Gasteiger partial charge in [0.05, 0.1) is 0 Å². The van der Waals surface area contributed by atoms with Crippen LogP contribution in [0.2, 0.25) is 0 Å². The maximum Gasteiger partial charge on any atom is 0.251 e. The molecule has 3 nitrogen and oxygen atoms in total. The van der Waals surface area contributed by atoms with Crippen molar-refractivity contribution in [1.82, 2.24) is 5.32 Å². The zero-order valence-corrected chi connectivity index (χ0v) is 10.5. The van der Waals surface area contributed by atoms with Crippen LogP contribution in [-0.4, -0.2) is 19.0 Å². The molecule has 0 spiro atoms. The van der Waals surface area contributed by atoms with Crippen molar-refractivity contribution < 1.29 is 4.79 Å². The van der Waals surface area contributed by atoms with Gasteiger partial charge in [0.1, 0.15) is 0 Å². The molecule has 0 saturated heterocycles. The highest BCUT2D eigenvalue weighted by atomic mass is 16.1. The van der Waals surface area contributed by atoms with Gasteiger partial charge in [-0.25, -0.2) is 0 Å². The van der Waals surface area contributed by atoms with Gasteiger partial charge in [0.25, 0.3) is 5.91 Å². The van der Waals surface area contributed by atoms with E-state index in [0.717, 1.165) is 12.2 Å². The van der Waals surface area contributed by atoms with E-state index in [2.05, 4.69) is 31.1 Å². The fourth-order valence-electron chi connectivity index (χ4n) is 1.33. The first-order valence-corrected chi connectivity index (χ1v) is 5.86. The first-order valence-electron chi connectivity index (χ1n) is 5.86. The number of amides is 1. The van der Waals surface area contributed by atoms with Gasteiger partial charge in [0, 0.05) is 24.3 Å². The minimum absolute atomic E-state index is 0.0692. The SMILES string of the molecule is C=CCNC(=O)c1ccc(NCC(C)C)cc1. The van der Waals surface area contributed by atoms with Crippen molar-refractivity contribution in [2.24, 2.45) is 5.92 Å². The van der Waals surface area contributed by atoms with E-state index in [0.29, 0.717) is 18.0 Å². The largest absolute Gasteiger partial charge is 0.385 e. The van der Waals surface area contributed by atoms with Crippen LogP contribution in [-0.2, 0) is 0 Å². The molecule has 0 aromatic heterocycles. The third-order valence-electron chi connectivity index (χ3n) is 2.27. The smallest absolute Gasteiger partial charge is 0.251 e. The van der Waals surface area contributed by atoms with Gasteiger partial charge in [0.15, 0.2) is 0 Å². The number of anilines is 1. The fourth-order valence-corrected chi connectivity index (χ4v) is 1.33. The molecule has 1 aromatic carbocycles. The lowest BCUT2D eigenvalue weighted by Gasteiger charge is -2.09. The van der Waals surface area contributed by atoms with Crippen LogP contribution in [0.25, 0.3) is 0 Å². The molecule has 0 aliphatic heterocycles. The molecule has 0 heterocycles. The van der Waals surface area contributed by atoms with Crippen molar-refractivity contribution in [3.63, 3.8) is 0 Å². The standard InChI is InChI=1S/C14H20N2O/c1-4-9-15-14(17)12-5-7-13(8-6-12)16-10-11(2)3/h4-8,11,16H,1,9-10H2,2-3H3,(H,15,17). The molecule has 92 valence electrons. The Morgan fingerprint density at radius 2 is 2.00 bits per heavy atom. The molecular weight excluding hydrogens is 212 g/mol. The summed E-state index contributed by atoms with van der Waals surface area (Å²) >= 11 is 0. The van der Waals surface area contributed by atoms with Gasteiger partial charge >= 0.3 is 0 Å². The van der Waals surface area contributed by atoms with Crippen LogP contribution in [0.5, 0.6) is 0 Å². The number of carbonyl (C=O) groups is 1. The number of carbonyl (C=O) groups excluding carboxylic acids is 1. The molecule has 1 rings (SSSR count). The van der Waals surface area contributed by atoms with E-state index in [1.54, 1.807) is 6.08 Å². The predicted molar refractivity (Wildman–Crippen MR) is 72.3 cm³/mol. The average molecular weight is 232 g/mol. The Morgan fingerprint density at radius 1 is 1.35 bits per heavy atom. The maximum atomic E-state index is 11.6. The highest BCUT2D eigenvalue weighted by molar-refractivity contribution is 5.94. The van der Waals surface area contributed by atoms with E-state index in [-0.39, 0.29) is 5.91 Å². The maximum absolute atomic E-state index is 11.6. The second kappa shape index (κ2) is 6.74. The summed E-state index contributed by atoms with van der Waals surface area (Å²) in [7, 11) is 0. The summed E-state index contributed by atoms with van der Waals surface area (Å²) in [5, 5.41) is 6.05. The van der Waals surface area contributed by atoms with Gasteiger partial charge in [-0.3, -0.25) is 4.79 Å². The van der Waals surface area contributed by atoms with E-state index < -0.39 is 0 Å². The Labute approximate surface area is 103 Å². The number of hydrogen-bond acceptors (Lipinski definition) is 2. The van der Waals surface area contributed by atoms with E-state index in [4.69, 9.17) is 0 Å². The molecule has 0 atom stereocenters. The second-order valence-corrected chi connectivity index (χ2v) is 4.35. The molecular formula is C14H20N2O. The minimum atomic E-state index is -0.0692. The van der Waals surface area contributed by atoms with Crippen LogP contribution in [0.3, 0.4) is 0 Å². The van der Waals surface area contributed by atoms with Crippen LogP contribution in [0.15, 0.2) is 36.9 Å². The molecule has 0 radical (unpaired) electrons. The molecule has 2 N–H and O–H groups in total. The van der Waals surface area contributed by atoms with E-state index in [1.165, 1.54) is 0 Å². The number of benzene rings is 1. The van der Waals surface area contributed by atoms with Gasteiger partial charge in [-0.15, -0.1) is 6.58 Å². The Hall–Kier alpha value is -1.77. The molecule has 17 heavy (non-hydrogen) atoms. The summed E-state index contributed by atoms with van der Waals surface area (Å²) in [6.07, 6.45) is 1.66. The lowest BCUT2D eigenvalue weighted by molar-refractivity contribution is 0.0958. The first-order chi connectivity index (χ1) is 8.13. The normalized spacial score (nSPS) is 10.1. The van der Waals surface area contributed by atoms with Crippen molar-refractivity contribution >= 4 is 11.6 Å². The van der Waals surface area contributed by atoms with Crippen LogP contribution >= 0.6 is 0 Å². The molecule has 0 aliphatic carbocycles. The van der Waals surface area contributed by atoms with Gasteiger partial charge in [0.2, 0.25) is 0 Å². The van der Waals surface area contributed by atoms with Crippen LogP contribution in [0, 0.1) is 5.92 Å². The van der Waals surface area contributed by atoms with Crippen molar-refractivity contribution in [3.05, 3.63) is 42.5 Å². The molecule has 0 aliphatic rings. The monoisotopic (exact) mass is 232 g/mol. The predicted octanol–water partition coefficient (Wildman–Crippen LogP) is 2.67. The van der Waals surface area contributed by atoms with Crippen LogP contribution < -0.4 is 10.6 Å². The van der Waals surface area contributed by atoms with Crippen LogP contribution in [0.1, 0.15) is 24.2 Å². The van der Waals surface area contributed by atoms with E-state index in [1.807, 2.05) is 24.3 Å². The third-order valence-corrected chi connectivity index (χ3v) is 2.27. The molecule has 3 heteroatoms. The number of hydrogen-bond donors (Lipinski definition) is 2. The van der Waals surface area contributed by atoms with Crippen LogP contribution in [0.4, 0.5) is 5.69 Å². The summed E-state index contributed by atoms with van der Waals surface area (Å²) in [6, 6.07) is 7.48. The Bertz CT molecular complexity index is 368. The molecule has 1 aromatic rings. The number of rotatable bonds is 6. The van der Waals surface area contributed by atoms with Crippen molar-refractivity contribution in [2.45, 2.75) is 13.8 Å². The molecule has 0 saturated carbocycles. The molecule has 0 unspecified atom stereocenters. The van der Waals surface area contributed by atoms with Crippen molar-refractivity contribution in [1.29, 1.82) is 0 Å². The summed E-state index contributed by atoms with van der Waals surface area (Å²) in [5.74, 6) is 0.533. The topological polar surface area (TPSA) is 41.1 Å².